The van der Waals surface area contributed by atoms with E-state index in [4.69, 9.17) is 23.7 Å². The molecule has 0 aliphatic carbocycles. The Balaban J connectivity index is 1.59. The van der Waals surface area contributed by atoms with Crippen LogP contribution in [-0.2, 0) is 25.6 Å². The fourth-order valence-corrected chi connectivity index (χ4v) is 2.51. The van der Waals surface area contributed by atoms with Gasteiger partial charge in [0.15, 0.2) is 6.29 Å². The van der Waals surface area contributed by atoms with Crippen molar-refractivity contribution in [2.24, 2.45) is 0 Å². The van der Waals surface area contributed by atoms with Gasteiger partial charge in [-0.1, -0.05) is 18.2 Å². The van der Waals surface area contributed by atoms with Crippen molar-refractivity contribution in [3.05, 3.63) is 29.8 Å². The molecule has 1 heterocycles. The molecule has 2 rings (SSSR count). The summed E-state index contributed by atoms with van der Waals surface area (Å²) in [5, 5.41) is 9.38. The average molecular weight is 340 g/mol. The predicted octanol–water partition coefficient (Wildman–Crippen LogP) is 2.13. The van der Waals surface area contributed by atoms with Crippen molar-refractivity contribution in [3.8, 4) is 5.75 Å². The summed E-state index contributed by atoms with van der Waals surface area (Å²) in [5.41, 5.74) is 0.967. The molecule has 0 radical (unpaired) electrons. The maximum Gasteiger partial charge on any atom is 0.157 e. The highest BCUT2D eigenvalue weighted by atomic mass is 16.7. The summed E-state index contributed by atoms with van der Waals surface area (Å²) < 4.78 is 27.6. The van der Waals surface area contributed by atoms with Crippen molar-refractivity contribution in [1.82, 2.24) is 0 Å². The molecular formula is C18H28O6. The quantitative estimate of drug-likeness (QED) is 0.623. The van der Waals surface area contributed by atoms with E-state index in [9.17, 15) is 5.11 Å². The maximum absolute atomic E-state index is 9.38. The Kier molecular flexibility index (Phi) is 9.09. The first kappa shape index (κ1) is 19.1. The fraction of sp³-hybridized carbons (Fsp3) is 0.667. The molecule has 1 unspecified atom stereocenters. The minimum atomic E-state index is -0.365. The number of rotatable bonds is 11. The topological polar surface area (TPSA) is 66.4 Å². The number of para-hydroxylation sites is 1. The van der Waals surface area contributed by atoms with Gasteiger partial charge in [0, 0.05) is 12.2 Å². The Bertz CT molecular complexity index is 447. The zero-order chi connectivity index (χ0) is 17.0. The molecule has 0 saturated carbocycles. The van der Waals surface area contributed by atoms with Gasteiger partial charge in [-0.2, -0.15) is 0 Å². The van der Waals surface area contributed by atoms with E-state index in [0.29, 0.717) is 26.4 Å². The largest absolute Gasteiger partial charge is 0.496 e. The van der Waals surface area contributed by atoms with Crippen molar-refractivity contribution in [1.29, 1.82) is 0 Å². The highest BCUT2D eigenvalue weighted by Gasteiger charge is 2.14. The number of methoxy groups -OCH3 is 1. The van der Waals surface area contributed by atoms with E-state index in [2.05, 4.69) is 0 Å². The Morgan fingerprint density at radius 2 is 2.12 bits per heavy atom. The molecule has 136 valence electrons. The standard InChI is InChI=1S/C18H28O6/c1-20-17-7-3-2-6-15(17)13-21-14-16(12-19)22-10-11-24-18-8-4-5-9-23-18/h2-3,6-7,16,18-19H,4-5,8-14H2,1H3/t16-,18?/m1/s1. The molecule has 6 nitrogen and oxygen atoms in total. The Morgan fingerprint density at radius 3 is 2.88 bits per heavy atom. The molecule has 1 aromatic carbocycles. The molecule has 0 aromatic heterocycles. The van der Waals surface area contributed by atoms with Gasteiger partial charge in [0.25, 0.3) is 0 Å². The molecule has 1 aromatic rings. The molecule has 1 fully saturated rings. The minimum Gasteiger partial charge on any atom is -0.496 e. The molecule has 0 bridgehead atoms. The maximum atomic E-state index is 9.38. The third kappa shape index (κ3) is 6.75. The molecule has 24 heavy (non-hydrogen) atoms. The van der Waals surface area contributed by atoms with Crippen molar-refractivity contribution in [2.45, 2.75) is 38.3 Å². The second kappa shape index (κ2) is 11.4. The molecule has 1 aliphatic heterocycles. The van der Waals surface area contributed by atoms with Gasteiger partial charge in [-0.25, -0.2) is 0 Å². The van der Waals surface area contributed by atoms with Crippen LogP contribution in [0.15, 0.2) is 24.3 Å². The monoisotopic (exact) mass is 340 g/mol. The third-order valence-electron chi connectivity index (χ3n) is 3.84. The first-order valence-corrected chi connectivity index (χ1v) is 8.48. The summed E-state index contributed by atoms with van der Waals surface area (Å²) in [6.07, 6.45) is 2.70. The average Bonchev–Trinajstić information content (AvgIpc) is 2.65. The van der Waals surface area contributed by atoms with Gasteiger partial charge in [0.2, 0.25) is 0 Å². The summed E-state index contributed by atoms with van der Waals surface area (Å²) in [5.74, 6) is 0.792. The summed E-state index contributed by atoms with van der Waals surface area (Å²) in [6, 6.07) is 7.69. The van der Waals surface area contributed by atoms with Crippen LogP contribution in [0.3, 0.4) is 0 Å². The Labute approximate surface area is 143 Å². The highest BCUT2D eigenvalue weighted by molar-refractivity contribution is 5.32. The van der Waals surface area contributed by atoms with E-state index in [-0.39, 0.29) is 19.0 Å². The summed E-state index contributed by atoms with van der Waals surface area (Å²) in [4.78, 5) is 0. The van der Waals surface area contributed by atoms with Gasteiger partial charge < -0.3 is 28.8 Å². The molecule has 1 N–H and O–H groups in total. The summed E-state index contributed by atoms with van der Waals surface area (Å²) >= 11 is 0. The van der Waals surface area contributed by atoms with E-state index >= 15 is 0 Å². The molecule has 1 saturated heterocycles. The van der Waals surface area contributed by atoms with Crippen LogP contribution in [-0.4, -0.2) is 57.6 Å². The SMILES string of the molecule is COc1ccccc1COC[C@@H](CO)OCCOC1CCCCO1. The molecule has 6 heteroatoms. The van der Waals surface area contributed by atoms with Gasteiger partial charge >= 0.3 is 0 Å². The van der Waals surface area contributed by atoms with Crippen LogP contribution < -0.4 is 4.74 Å². The lowest BCUT2D eigenvalue weighted by Gasteiger charge is -2.23. The van der Waals surface area contributed by atoms with E-state index in [1.807, 2.05) is 24.3 Å². The first-order chi connectivity index (χ1) is 11.8. The summed E-state index contributed by atoms with van der Waals surface area (Å²) in [7, 11) is 1.63. The third-order valence-corrected chi connectivity index (χ3v) is 3.84. The van der Waals surface area contributed by atoms with E-state index in [1.165, 1.54) is 0 Å². The zero-order valence-electron chi connectivity index (χ0n) is 14.3. The van der Waals surface area contributed by atoms with Crippen LogP contribution in [0.4, 0.5) is 0 Å². The van der Waals surface area contributed by atoms with Gasteiger partial charge in [0.1, 0.15) is 11.9 Å². The smallest absolute Gasteiger partial charge is 0.157 e. The van der Waals surface area contributed by atoms with Crippen LogP contribution in [0.5, 0.6) is 5.75 Å². The van der Waals surface area contributed by atoms with Crippen LogP contribution >= 0.6 is 0 Å². The van der Waals surface area contributed by atoms with Crippen molar-refractivity contribution in [2.75, 3.05) is 40.1 Å². The van der Waals surface area contributed by atoms with E-state index in [1.54, 1.807) is 7.11 Å². The summed E-state index contributed by atoms with van der Waals surface area (Å²) in [6.45, 7) is 2.26. The first-order valence-electron chi connectivity index (χ1n) is 8.48. The van der Waals surface area contributed by atoms with Crippen LogP contribution in [0.2, 0.25) is 0 Å². The predicted molar refractivity (Wildman–Crippen MR) is 89.0 cm³/mol. The number of aliphatic hydroxyl groups excluding tert-OH is 1. The molecule has 0 spiro atoms. The minimum absolute atomic E-state index is 0.0914. The molecular weight excluding hydrogens is 312 g/mol. The van der Waals surface area contributed by atoms with E-state index < -0.39 is 0 Å². The lowest BCUT2D eigenvalue weighted by atomic mass is 10.2. The number of aliphatic hydroxyl groups is 1. The normalized spacial score (nSPS) is 19.2. The van der Waals surface area contributed by atoms with E-state index in [0.717, 1.165) is 37.2 Å². The van der Waals surface area contributed by atoms with Crippen molar-refractivity contribution < 1.29 is 28.8 Å². The number of benzene rings is 1. The Hall–Kier alpha value is -1.18. The second-order valence-corrected chi connectivity index (χ2v) is 5.67. The highest BCUT2D eigenvalue weighted by Crippen LogP contribution is 2.18. The van der Waals surface area contributed by atoms with Gasteiger partial charge in [-0.3, -0.25) is 0 Å². The number of ether oxygens (including phenoxy) is 5. The van der Waals surface area contributed by atoms with Crippen LogP contribution in [0.1, 0.15) is 24.8 Å². The second-order valence-electron chi connectivity index (χ2n) is 5.67. The van der Waals surface area contributed by atoms with Crippen molar-refractivity contribution in [3.63, 3.8) is 0 Å². The zero-order valence-corrected chi connectivity index (χ0v) is 14.3. The van der Waals surface area contributed by atoms with Crippen LogP contribution in [0.25, 0.3) is 0 Å². The lowest BCUT2D eigenvalue weighted by Crippen LogP contribution is -2.28. The fourth-order valence-electron chi connectivity index (χ4n) is 2.51. The van der Waals surface area contributed by atoms with Crippen LogP contribution in [0, 0.1) is 0 Å². The lowest BCUT2D eigenvalue weighted by molar-refractivity contribution is -0.174. The van der Waals surface area contributed by atoms with Gasteiger partial charge in [-0.15, -0.1) is 0 Å². The molecule has 1 aliphatic rings. The molecule has 2 atom stereocenters. The Morgan fingerprint density at radius 1 is 1.25 bits per heavy atom. The number of hydrogen-bond donors (Lipinski definition) is 1. The van der Waals surface area contributed by atoms with Gasteiger partial charge in [-0.05, 0) is 25.3 Å². The molecule has 0 amide bonds. The van der Waals surface area contributed by atoms with Crippen molar-refractivity contribution >= 4 is 0 Å². The van der Waals surface area contributed by atoms with Gasteiger partial charge in [0.05, 0.1) is 40.1 Å². The number of hydrogen-bond acceptors (Lipinski definition) is 6.